The first kappa shape index (κ1) is 30.9. The van der Waals surface area contributed by atoms with Crippen molar-refractivity contribution in [1.29, 1.82) is 0 Å². The predicted octanol–water partition coefficient (Wildman–Crippen LogP) is 12.2. The molecule has 0 atom stereocenters. The normalized spacial score (nSPS) is 12.2. The number of nitrogens with zero attached hydrogens (tertiary/aromatic N) is 2. The van der Waals surface area contributed by atoms with Crippen molar-refractivity contribution >= 4 is 38.8 Å². The van der Waals surface area contributed by atoms with Crippen LogP contribution in [0, 0.1) is 27.7 Å². The first-order chi connectivity index (χ1) is 23.2. The van der Waals surface area contributed by atoms with Crippen LogP contribution in [0.5, 0.6) is 0 Å². The van der Waals surface area contributed by atoms with E-state index in [4.69, 9.17) is 4.99 Å². The summed E-state index contributed by atoms with van der Waals surface area (Å²) >= 11 is 0. The Labute approximate surface area is 284 Å². The Morgan fingerprint density at radius 3 is 1.77 bits per heavy atom. The quantitative estimate of drug-likeness (QED) is 0.125. The maximum absolute atomic E-state index is 5.31. The minimum absolute atomic E-state index is 0.891. The number of hydrogen-bond acceptors (Lipinski definition) is 1. The van der Waals surface area contributed by atoms with Crippen LogP contribution in [0.4, 0.5) is 0 Å². The Kier molecular flexibility index (Phi) is 8.25. The average molecular weight is 621 g/mol. The van der Waals surface area contributed by atoms with Crippen LogP contribution in [-0.4, -0.2) is 10.3 Å². The van der Waals surface area contributed by atoms with E-state index in [1.807, 2.05) is 0 Å². The van der Waals surface area contributed by atoms with Gasteiger partial charge >= 0.3 is 0 Å². The Balaban J connectivity index is 1.38. The molecule has 1 heterocycles. The molecule has 48 heavy (non-hydrogen) atoms. The summed E-state index contributed by atoms with van der Waals surface area (Å²) in [6.45, 7) is 15.2. The molecule has 0 saturated carbocycles. The van der Waals surface area contributed by atoms with Crippen LogP contribution < -0.4 is 0 Å². The molecule has 234 valence electrons. The second-order valence-electron chi connectivity index (χ2n) is 13.0. The number of aryl methyl sites for hydroxylation is 4. The molecule has 0 aliphatic heterocycles. The Bertz CT molecular complexity index is 2340. The Morgan fingerprint density at radius 1 is 0.542 bits per heavy atom. The fraction of sp³-hybridized carbons (Fsp3) is 0.109. The van der Waals surface area contributed by atoms with Crippen LogP contribution in [-0.2, 0) is 0 Å². The maximum Gasteiger partial charge on any atom is 0.0711 e. The Morgan fingerprint density at radius 2 is 1.10 bits per heavy atom. The topological polar surface area (TPSA) is 17.3 Å². The lowest BCUT2D eigenvalue weighted by molar-refractivity contribution is 1.18. The zero-order valence-electron chi connectivity index (χ0n) is 28.4. The van der Waals surface area contributed by atoms with E-state index in [0.29, 0.717) is 0 Å². The van der Waals surface area contributed by atoms with E-state index in [0.717, 1.165) is 44.9 Å². The van der Waals surface area contributed by atoms with Crippen LogP contribution in [0.2, 0.25) is 0 Å². The molecule has 7 rings (SSSR count). The maximum atomic E-state index is 5.31. The van der Waals surface area contributed by atoms with E-state index in [1.54, 1.807) is 0 Å². The van der Waals surface area contributed by atoms with Crippen molar-refractivity contribution in [3.05, 3.63) is 185 Å². The highest BCUT2D eigenvalue weighted by Crippen LogP contribution is 2.35. The third-order valence-corrected chi connectivity index (χ3v) is 9.03. The summed E-state index contributed by atoms with van der Waals surface area (Å²) in [4.78, 5) is 5.31. The van der Waals surface area contributed by atoms with Crippen molar-refractivity contribution in [1.82, 2.24) is 4.57 Å². The lowest BCUT2D eigenvalue weighted by Gasteiger charge is -2.12. The molecule has 6 aromatic carbocycles. The van der Waals surface area contributed by atoms with Crippen molar-refractivity contribution in [2.75, 3.05) is 0 Å². The number of fused-ring (bicyclic) bond motifs is 3. The molecular weight excluding hydrogens is 581 g/mol. The van der Waals surface area contributed by atoms with Crippen molar-refractivity contribution in [3.63, 3.8) is 0 Å². The number of rotatable bonds is 7. The SMILES string of the molecule is C=C(/C=C(\N=C(C)c1cc(C)cc(C)c1)c1ccc2c(c1)c1ccccc1n2-c1ccc(-c2ccccc2)cc1)c1cc(C)cc(C)c1. The van der Waals surface area contributed by atoms with E-state index in [9.17, 15) is 0 Å². The summed E-state index contributed by atoms with van der Waals surface area (Å²) < 4.78 is 2.37. The van der Waals surface area contributed by atoms with Gasteiger partial charge in [0.15, 0.2) is 0 Å². The number of hydrogen-bond donors (Lipinski definition) is 0. The molecule has 0 spiro atoms. The van der Waals surface area contributed by atoms with Gasteiger partial charge in [-0.15, -0.1) is 0 Å². The summed E-state index contributed by atoms with van der Waals surface area (Å²) in [6, 6.07) is 48.0. The minimum Gasteiger partial charge on any atom is -0.309 e. The summed E-state index contributed by atoms with van der Waals surface area (Å²) in [5.41, 5.74) is 16.9. The van der Waals surface area contributed by atoms with Gasteiger partial charge in [0.2, 0.25) is 0 Å². The molecule has 2 nitrogen and oxygen atoms in total. The number of benzene rings is 6. The number of allylic oxidation sites excluding steroid dienone is 2. The lowest BCUT2D eigenvalue weighted by Crippen LogP contribution is -1.98. The summed E-state index contributed by atoms with van der Waals surface area (Å²) in [6.07, 6.45) is 2.14. The van der Waals surface area contributed by atoms with Gasteiger partial charge in [-0.25, -0.2) is 0 Å². The van der Waals surface area contributed by atoms with E-state index in [2.05, 4.69) is 185 Å². The highest BCUT2D eigenvalue weighted by Gasteiger charge is 2.15. The van der Waals surface area contributed by atoms with Gasteiger partial charge in [0.25, 0.3) is 0 Å². The molecule has 2 heteroatoms. The second kappa shape index (κ2) is 12.8. The highest BCUT2D eigenvalue weighted by molar-refractivity contribution is 6.10. The summed E-state index contributed by atoms with van der Waals surface area (Å²) in [5, 5.41) is 2.40. The van der Waals surface area contributed by atoms with Crippen LogP contribution in [0.1, 0.15) is 45.9 Å². The van der Waals surface area contributed by atoms with Crippen LogP contribution in [0.25, 0.3) is 49.9 Å². The van der Waals surface area contributed by atoms with E-state index >= 15 is 0 Å². The van der Waals surface area contributed by atoms with Gasteiger partial charge < -0.3 is 4.57 Å². The lowest BCUT2D eigenvalue weighted by atomic mass is 9.99. The molecular formula is C46H40N2. The van der Waals surface area contributed by atoms with Gasteiger partial charge in [-0.2, -0.15) is 0 Å². The summed E-state index contributed by atoms with van der Waals surface area (Å²) in [5.74, 6) is 0. The molecule has 0 radical (unpaired) electrons. The molecule has 0 aliphatic carbocycles. The van der Waals surface area contributed by atoms with Gasteiger partial charge in [0.1, 0.15) is 0 Å². The molecule has 0 N–H and O–H groups in total. The predicted molar refractivity (Wildman–Crippen MR) is 207 cm³/mol. The number of aromatic nitrogens is 1. The van der Waals surface area contributed by atoms with Crippen molar-refractivity contribution < 1.29 is 0 Å². The first-order valence-corrected chi connectivity index (χ1v) is 16.6. The molecule has 0 bridgehead atoms. The highest BCUT2D eigenvalue weighted by atomic mass is 15.0. The molecule has 0 unspecified atom stereocenters. The molecule has 0 amide bonds. The van der Waals surface area contributed by atoms with Crippen LogP contribution >= 0.6 is 0 Å². The first-order valence-electron chi connectivity index (χ1n) is 16.6. The number of aliphatic imine (C=N–C) groups is 1. The van der Waals surface area contributed by atoms with Crippen LogP contribution in [0.3, 0.4) is 0 Å². The molecule has 0 saturated heterocycles. The van der Waals surface area contributed by atoms with Crippen molar-refractivity contribution in [2.45, 2.75) is 34.6 Å². The van der Waals surface area contributed by atoms with Gasteiger partial charge in [-0.05, 0) is 98.9 Å². The van der Waals surface area contributed by atoms with Crippen molar-refractivity contribution in [2.24, 2.45) is 4.99 Å². The molecule has 7 aromatic rings. The molecule has 1 aromatic heterocycles. The third-order valence-electron chi connectivity index (χ3n) is 9.03. The van der Waals surface area contributed by atoms with E-state index in [-0.39, 0.29) is 0 Å². The van der Waals surface area contributed by atoms with Gasteiger partial charge in [0, 0.05) is 27.7 Å². The van der Waals surface area contributed by atoms with E-state index < -0.39 is 0 Å². The summed E-state index contributed by atoms with van der Waals surface area (Å²) in [7, 11) is 0. The second-order valence-corrected chi connectivity index (χ2v) is 13.0. The smallest absolute Gasteiger partial charge is 0.0711 e. The molecule has 0 fully saturated rings. The van der Waals surface area contributed by atoms with Crippen molar-refractivity contribution in [3.8, 4) is 16.8 Å². The monoisotopic (exact) mass is 620 g/mol. The molecule has 0 aliphatic rings. The third kappa shape index (κ3) is 6.18. The van der Waals surface area contributed by atoms with Gasteiger partial charge in [-0.1, -0.05) is 132 Å². The zero-order valence-corrected chi connectivity index (χ0v) is 28.4. The average Bonchev–Trinajstić information content (AvgIpc) is 3.41. The van der Waals surface area contributed by atoms with E-state index in [1.165, 1.54) is 49.7 Å². The Hall–Kier alpha value is -5.73. The van der Waals surface area contributed by atoms with Gasteiger partial charge in [0.05, 0.1) is 16.7 Å². The fourth-order valence-corrected chi connectivity index (χ4v) is 6.86. The number of para-hydroxylation sites is 1. The van der Waals surface area contributed by atoms with Crippen LogP contribution in [0.15, 0.2) is 151 Å². The standard InChI is InChI=1S/C46H40N2/c1-30-22-31(2)25-39(24-30)34(5)28-44(47-35(6)40-26-32(3)23-33(4)27-40)38-18-21-46-43(29-38)42-14-10-11-15-45(42)48(46)41-19-16-37(17-20-41)36-12-8-7-9-13-36/h7-29H,5H2,1-4,6H3/b44-28-,47-35?. The fourth-order valence-electron chi connectivity index (χ4n) is 6.86. The largest absolute Gasteiger partial charge is 0.309 e. The van der Waals surface area contributed by atoms with Gasteiger partial charge in [-0.3, -0.25) is 4.99 Å². The minimum atomic E-state index is 0.891. The zero-order chi connectivity index (χ0) is 33.4.